The average Bonchev–Trinajstić information content (AvgIpc) is 2.86. The summed E-state index contributed by atoms with van der Waals surface area (Å²) >= 11 is 0. The van der Waals surface area contributed by atoms with Crippen molar-refractivity contribution >= 4 is 17.6 Å². The predicted molar refractivity (Wildman–Crippen MR) is 119 cm³/mol. The fourth-order valence-corrected chi connectivity index (χ4v) is 3.94. The molecule has 0 fully saturated rings. The molecule has 0 N–H and O–H groups in total. The van der Waals surface area contributed by atoms with Crippen LogP contribution in [-0.2, 0) is 20.7 Å². The standard InChI is InChI=1S/C24H28F2N2O5/c1-15(29)32-22-20(16-5-7-18(31-4)8-6-16)14-17-13-19(33-24(25)26)9-10-21(17)28(23(22)30)12-11-27(2)3/h5-10,13,20,22,24H,11-12,14H2,1-4H3. The van der Waals surface area contributed by atoms with Crippen molar-refractivity contribution < 1.29 is 32.6 Å². The third-order valence-corrected chi connectivity index (χ3v) is 5.49. The Morgan fingerprint density at radius 2 is 1.82 bits per heavy atom. The number of ether oxygens (including phenoxy) is 3. The van der Waals surface area contributed by atoms with Crippen LogP contribution in [0.1, 0.15) is 24.0 Å². The molecule has 1 aliphatic rings. The minimum Gasteiger partial charge on any atom is -0.497 e. The summed E-state index contributed by atoms with van der Waals surface area (Å²) in [4.78, 5) is 29.1. The molecule has 0 aromatic heterocycles. The summed E-state index contributed by atoms with van der Waals surface area (Å²) < 4.78 is 41.0. The molecule has 1 heterocycles. The molecule has 0 saturated heterocycles. The highest BCUT2D eigenvalue weighted by Crippen LogP contribution is 2.38. The summed E-state index contributed by atoms with van der Waals surface area (Å²) in [5.41, 5.74) is 1.99. The van der Waals surface area contributed by atoms with Crippen molar-refractivity contribution in [2.75, 3.05) is 39.2 Å². The number of benzene rings is 2. The zero-order valence-corrected chi connectivity index (χ0v) is 19.1. The van der Waals surface area contributed by atoms with Gasteiger partial charge in [-0.05, 0) is 62.0 Å². The summed E-state index contributed by atoms with van der Waals surface area (Å²) in [5, 5.41) is 0. The largest absolute Gasteiger partial charge is 0.497 e. The van der Waals surface area contributed by atoms with Gasteiger partial charge in [0.1, 0.15) is 11.5 Å². The molecule has 2 aromatic carbocycles. The summed E-state index contributed by atoms with van der Waals surface area (Å²) in [6.45, 7) is -0.817. The second-order valence-electron chi connectivity index (χ2n) is 8.08. The van der Waals surface area contributed by atoms with Crippen LogP contribution in [0, 0.1) is 0 Å². The first-order valence-corrected chi connectivity index (χ1v) is 10.5. The van der Waals surface area contributed by atoms with Gasteiger partial charge in [0.05, 0.1) is 7.11 Å². The van der Waals surface area contributed by atoms with Crippen LogP contribution < -0.4 is 14.4 Å². The smallest absolute Gasteiger partial charge is 0.387 e. The maximum absolute atomic E-state index is 13.7. The van der Waals surface area contributed by atoms with E-state index in [4.69, 9.17) is 9.47 Å². The topological polar surface area (TPSA) is 68.3 Å². The van der Waals surface area contributed by atoms with E-state index in [1.54, 1.807) is 30.2 Å². The molecule has 178 valence electrons. The zero-order chi connectivity index (χ0) is 24.1. The van der Waals surface area contributed by atoms with E-state index in [0.29, 0.717) is 30.1 Å². The first-order valence-electron chi connectivity index (χ1n) is 10.5. The van der Waals surface area contributed by atoms with Crippen LogP contribution in [0.5, 0.6) is 11.5 Å². The predicted octanol–water partition coefficient (Wildman–Crippen LogP) is 3.46. The zero-order valence-electron chi connectivity index (χ0n) is 19.1. The van der Waals surface area contributed by atoms with Crippen LogP contribution in [0.3, 0.4) is 0 Å². The number of nitrogens with zero attached hydrogens (tertiary/aromatic N) is 2. The molecule has 2 aromatic rings. The maximum atomic E-state index is 13.7. The lowest BCUT2D eigenvalue weighted by Crippen LogP contribution is -2.45. The van der Waals surface area contributed by atoms with E-state index >= 15 is 0 Å². The summed E-state index contributed by atoms with van der Waals surface area (Å²) in [7, 11) is 5.31. The Bertz CT molecular complexity index is 981. The van der Waals surface area contributed by atoms with Gasteiger partial charge in [0, 0.05) is 31.6 Å². The van der Waals surface area contributed by atoms with Gasteiger partial charge in [-0.1, -0.05) is 12.1 Å². The number of rotatable bonds is 8. The van der Waals surface area contributed by atoms with Crippen molar-refractivity contribution in [1.29, 1.82) is 0 Å². The Morgan fingerprint density at radius 1 is 1.15 bits per heavy atom. The fourth-order valence-electron chi connectivity index (χ4n) is 3.94. The van der Waals surface area contributed by atoms with Crippen molar-refractivity contribution in [2.24, 2.45) is 0 Å². The Hall–Kier alpha value is -3.20. The molecule has 3 rings (SSSR count). The number of esters is 1. The minimum atomic E-state index is -2.97. The second-order valence-corrected chi connectivity index (χ2v) is 8.08. The third kappa shape index (κ3) is 5.98. The van der Waals surface area contributed by atoms with Crippen LogP contribution >= 0.6 is 0 Å². The molecule has 0 radical (unpaired) electrons. The van der Waals surface area contributed by atoms with Crippen molar-refractivity contribution in [2.45, 2.75) is 32.0 Å². The number of hydrogen-bond donors (Lipinski definition) is 0. The van der Waals surface area contributed by atoms with Crippen molar-refractivity contribution in [1.82, 2.24) is 4.90 Å². The Kier molecular flexibility index (Phi) is 7.86. The number of amides is 1. The third-order valence-electron chi connectivity index (χ3n) is 5.49. The van der Waals surface area contributed by atoms with Crippen LogP contribution in [0.15, 0.2) is 42.5 Å². The molecular formula is C24H28F2N2O5. The number of methoxy groups -OCH3 is 1. The van der Waals surface area contributed by atoms with E-state index in [0.717, 1.165) is 5.56 Å². The first kappa shape index (κ1) is 24.4. The normalized spacial score (nSPS) is 18.2. The highest BCUT2D eigenvalue weighted by atomic mass is 19.3. The van der Waals surface area contributed by atoms with Crippen LogP contribution in [0.4, 0.5) is 14.5 Å². The lowest BCUT2D eigenvalue weighted by molar-refractivity contribution is -0.154. The van der Waals surface area contributed by atoms with Crippen LogP contribution in [0.25, 0.3) is 0 Å². The molecule has 33 heavy (non-hydrogen) atoms. The molecule has 2 atom stereocenters. The average molecular weight is 462 g/mol. The molecule has 0 spiro atoms. The number of alkyl halides is 2. The van der Waals surface area contributed by atoms with Gasteiger partial charge in [-0.2, -0.15) is 8.78 Å². The quantitative estimate of drug-likeness (QED) is 0.560. The van der Waals surface area contributed by atoms with Crippen molar-refractivity contribution in [3.63, 3.8) is 0 Å². The summed E-state index contributed by atoms with van der Waals surface area (Å²) in [6, 6.07) is 11.7. The molecule has 0 saturated carbocycles. The van der Waals surface area contributed by atoms with Gasteiger partial charge in [0.2, 0.25) is 0 Å². The Balaban J connectivity index is 2.11. The fraction of sp³-hybridized carbons (Fsp3) is 0.417. The maximum Gasteiger partial charge on any atom is 0.387 e. The number of carbonyl (C=O) groups excluding carboxylic acids is 2. The first-order chi connectivity index (χ1) is 15.7. The van der Waals surface area contributed by atoms with Gasteiger partial charge in [-0.3, -0.25) is 9.59 Å². The van der Waals surface area contributed by atoms with Gasteiger partial charge in [0.15, 0.2) is 6.10 Å². The van der Waals surface area contributed by atoms with E-state index in [1.165, 1.54) is 19.1 Å². The lowest BCUT2D eigenvalue weighted by atomic mass is 9.87. The molecule has 9 heteroatoms. The Morgan fingerprint density at radius 3 is 2.39 bits per heavy atom. The number of hydrogen-bond acceptors (Lipinski definition) is 6. The van der Waals surface area contributed by atoms with Crippen molar-refractivity contribution in [3.8, 4) is 11.5 Å². The second kappa shape index (κ2) is 10.6. The van der Waals surface area contributed by atoms with E-state index in [1.807, 2.05) is 31.1 Å². The summed E-state index contributed by atoms with van der Waals surface area (Å²) in [6.07, 6.45) is -0.797. The molecule has 1 amide bonds. The number of likely N-dealkylation sites (N-methyl/N-ethyl adjacent to an activating group) is 1. The van der Waals surface area contributed by atoms with E-state index < -0.39 is 24.6 Å². The number of halogens is 2. The number of carbonyl (C=O) groups is 2. The SMILES string of the molecule is COc1ccc(C2Cc3cc(OC(F)F)ccc3N(CCN(C)C)C(=O)C2OC(C)=O)cc1. The van der Waals surface area contributed by atoms with Gasteiger partial charge in [-0.15, -0.1) is 0 Å². The minimum absolute atomic E-state index is 0.00294. The van der Waals surface area contributed by atoms with E-state index in [-0.39, 0.29) is 18.1 Å². The summed E-state index contributed by atoms with van der Waals surface area (Å²) in [5.74, 6) is -0.829. The number of fused-ring (bicyclic) bond motifs is 1. The molecule has 1 aliphatic heterocycles. The molecular weight excluding hydrogens is 434 g/mol. The Labute approximate surface area is 191 Å². The van der Waals surface area contributed by atoms with E-state index in [2.05, 4.69) is 4.74 Å². The van der Waals surface area contributed by atoms with Crippen LogP contribution in [-0.4, -0.2) is 63.8 Å². The molecule has 7 nitrogen and oxygen atoms in total. The van der Waals surface area contributed by atoms with Gasteiger partial charge in [-0.25, -0.2) is 0 Å². The van der Waals surface area contributed by atoms with Crippen LogP contribution in [0.2, 0.25) is 0 Å². The highest BCUT2D eigenvalue weighted by Gasteiger charge is 2.40. The van der Waals surface area contributed by atoms with Gasteiger partial charge in [0.25, 0.3) is 5.91 Å². The monoisotopic (exact) mass is 462 g/mol. The molecule has 0 bridgehead atoms. The number of anilines is 1. The van der Waals surface area contributed by atoms with Crippen molar-refractivity contribution in [3.05, 3.63) is 53.6 Å². The molecule has 2 unspecified atom stereocenters. The molecule has 0 aliphatic carbocycles. The van der Waals surface area contributed by atoms with E-state index in [9.17, 15) is 18.4 Å². The lowest BCUT2D eigenvalue weighted by Gasteiger charge is -2.29. The highest BCUT2D eigenvalue weighted by molar-refractivity contribution is 6.00. The van der Waals surface area contributed by atoms with Gasteiger partial charge < -0.3 is 24.0 Å². The van der Waals surface area contributed by atoms with Gasteiger partial charge >= 0.3 is 12.6 Å².